The molecule has 7 heteroatoms. The third kappa shape index (κ3) is 5.11. The lowest BCUT2D eigenvalue weighted by atomic mass is 10.0. The molecule has 2 aromatic rings. The largest absolute Gasteiger partial charge is 0.353 e. The summed E-state index contributed by atoms with van der Waals surface area (Å²) < 4.78 is 0. The van der Waals surface area contributed by atoms with Crippen molar-refractivity contribution in [1.82, 2.24) is 15.5 Å². The lowest BCUT2D eigenvalue weighted by molar-refractivity contribution is -0.141. The van der Waals surface area contributed by atoms with Crippen LogP contribution in [0.25, 0.3) is 0 Å². The summed E-state index contributed by atoms with van der Waals surface area (Å²) in [5.74, 6) is -2.00. The van der Waals surface area contributed by atoms with Crippen molar-refractivity contribution >= 4 is 23.5 Å². The second kappa shape index (κ2) is 9.82. The van der Waals surface area contributed by atoms with Crippen molar-refractivity contribution in [2.75, 3.05) is 7.05 Å². The summed E-state index contributed by atoms with van der Waals surface area (Å²) in [7, 11) is 1.37. The third-order valence-corrected chi connectivity index (χ3v) is 5.19. The lowest BCUT2D eigenvalue weighted by Gasteiger charge is -2.26. The summed E-state index contributed by atoms with van der Waals surface area (Å²) in [6.45, 7) is 0.324. The molecular weight excluding hydrogens is 382 g/mol. The van der Waals surface area contributed by atoms with Crippen LogP contribution in [0.3, 0.4) is 0 Å². The number of Topliss-reactive ketones (excluding diaryl/α,β-unsaturated/α-hetero) is 1. The number of hydrogen-bond donors (Lipinski definition) is 2. The van der Waals surface area contributed by atoms with E-state index in [4.69, 9.17) is 0 Å². The van der Waals surface area contributed by atoms with E-state index in [0.29, 0.717) is 13.0 Å². The molecule has 0 aromatic heterocycles. The molecule has 0 saturated carbocycles. The van der Waals surface area contributed by atoms with Gasteiger partial charge in [-0.15, -0.1) is 0 Å². The Labute approximate surface area is 175 Å². The summed E-state index contributed by atoms with van der Waals surface area (Å²) in [5.41, 5.74) is 1.75. The quantitative estimate of drug-likeness (QED) is 0.643. The van der Waals surface area contributed by atoms with Crippen LogP contribution in [-0.2, 0) is 32.1 Å². The molecule has 1 saturated heterocycles. The fraction of sp³-hybridized carbons (Fsp3) is 0.304. The van der Waals surface area contributed by atoms with Gasteiger partial charge < -0.3 is 15.5 Å². The maximum Gasteiger partial charge on any atom is 0.289 e. The van der Waals surface area contributed by atoms with Crippen LogP contribution >= 0.6 is 0 Å². The van der Waals surface area contributed by atoms with E-state index in [2.05, 4.69) is 10.6 Å². The summed E-state index contributed by atoms with van der Waals surface area (Å²) in [6, 6.07) is 16.9. The van der Waals surface area contributed by atoms with Crippen molar-refractivity contribution in [3.63, 3.8) is 0 Å². The maximum absolute atomic E-state index is 13.0. The van der Waals surface area contributed by atoms with E-state index in [9.17, 15) is 19.2 Å². The van der Waals surface area contributed by atoms with Crippen LogP contribution in [0, 0.1) is 0 Å². The Hall–Kier alpha value is -3.48. The van der Waals surface area contributed by atoms with Crippen LogP contribution in [0.5, 0.6) is 0 Å². The Bertz CT molecular complexity index is 915. The molecule has 0 radical (unpaired) electrons. The monoisotopic (exact) mass is 407 g/mol. The first-order valence-corrected chi connectivity index (χ1v) is 9.93. The topological polar surface area (TPSA) is 95.6 Å². The van der Waals surface area contributed by atoms with Gasteiger partial charge in [0.2, 0.25) is 17.6 Å². The molecule has 0 bridgehead atoms. The van der Waals surface area contributed by atoms with Crippen LogP contribution in [0.2, 0.25) is 0 Å². The number of rotatable bonds is 8. The fourth-order valence-corrected chi connectivity index (χ4v) is 3.59. The summed E-state index contributed by atoms with van der Waals surface area (Å²) in [5, 5.41) is 5.03. The molecule has 156 valence electrons. The molecule has 3 rings (SSSR count). The van der Waals surface area contributed by atoms with E-state index in [-0.39, 0.29) is 18.7 Å². The fourth-order valence-electron chi connectivity index (χ4n) is 3.59. The summed E-state index contributed by atoms with van der Waals surface area (Å²) in [6.07, 6.45) is 0.847. The maximum atomic E-state index is 13.0. The minimum Gasteiger partial charge on any atom is -0.353 e. The standard InChI is InChI=1S/C23H25N3O4/c1-24-23(30)21(28)18(14-16-8-4-2-5-9-16)25-22(29)19-12-13-20(27)26(19)15-17-10-6-3-7-11-17/h2-11,18-19H,12-15H2,1H3,(H,24,30)(H,25,29). The first kappa shape index (κ1) is 21.2. The minimum absolute atomic E-state index is 0.101. The Morgan fingerprint density at radius 1 is 1.00 bits per heavy atom. The van der Waals surface area contributed by atoms with Gasteiger partial charge in [-0.05, 0) is 17.5 Å². The van der Waals surface area contributed by atoms with Gasteiger partial charge in [0.25, 0.3) is 5.91 Å². The number of hydrogen-bond acceptors (Lipinski definition) is 4. The van der Waals surface area contributed by atoms with Crippen LogP contribution in [0.15, 0.2) is 60.7 Å². The molecule has 2 atom stereocenters. The van der Waals surface area contributed by atoms with Crippen LogP contribution in [-0.4, -0.2) is 47.5 Å². The number of ketones is 1. The van der Waals surface area contributed by atoms with Gasteiger partial charge in [-0.25, -0.2) is 0 Å². The average molecular weight is 407 g/mol. The van der Waals surface area contributed by atoms with Crippen molar-refractivity contribution in [3.05, 3.63) is 71.8 Å². The number of nitrogens with zero attached hydrogens (tertiary/aromatic N) is 1. The highest BCUT2D eigenvalue weighted by molar-refractivity contribution is 6.38. The predicted molar refractivity (Wildman–Crippen MR) is 111 cm³/mol. The minimum atomic E-state index is -1.01. The van der Waals surface area contributed by atoms with E-state index in [1.807, 2.05) is 60.7 Å². The molecular formula is C23H25N3O4. The molecule has 2 aromatic carbocycles. The molecule has 2 unspecified atom stereocenters. The molecule has 0 aliphatic carbocycles. The van der Waals surface area contributed by atoms with Gasteiger partial charge in [0.15, 0.2) is 0 Å². The van der Waals surface area contributed by atoms with Crippen LogP contribution in [0.4, 0.5) is 0 Å². The molecule has 1 aliphatic rings. The lowest BCUT2D eigenvalue weighted by Crippen LogP contribution is -2.53. The molecule has 3 amide bonds. The smallest absolute Gasteiger partial charge is 0.289 e. The Kier molecular flexibility index (Phi) is 6.95. The molecule has 1 fully saturated rings. The van der Waals surface area contributed by atoms with E-state index in [0.717, 1.165) is 11.1 Å². The molecule has 30 heavy (non-hydrogen) atoms. The van der Waals surface area contributed by atoms with Crippen LogP contribution in [0.1, 0.15) is 24.0 Å². The highest BCUT2D eigenvalue weighted by Crippen LogP contribution is 2.22. The molecule has 2 N–H and O–H groups in total. The molecule has 0 spiro atoms. The van der Waals surface area contributed by atoms with Gasteiger partial charge in [0.1, 0.15) is 12.1 Å². The summed E-state index contributed by atoms with van der Waals surface area (Å²) in [4.78, 5) is 51.4. The van der Waals surface area contributed by atoms with Crippen molar-refractivity contribution < 1.29 is 19.2 Å². The van der Waals surface area contributed by atoms with Crippen molar-refractivity contribution in [3.8, 4) is 0 Å². The van der Waals surface area contributed by atoms with Crippen LogP contribution < -0.4 is 10.6 Å². The van der Waals surface area contributed by atoms with Crippen molar-refractivity contribution in [2.24, 2.45) is 0 Å². The number of carbonyl (C=O) groups excluding carboxylic acids is 4. The van der Waals surface area contributed by atoms with Gasteiger partial charge in [-0.3, -0.25) is 19.2 Å². The van der Waals surface area contributed by atoms with Gasteiger partial charge in [-0.2, -0.15) is 0 Å². The normalized spacial score (nSPS) is 16.8. The number of likely N-dealkylation sites (tertiary alicyclic amines) is 1. The van der Waals surface area contributed by atoms with E-state index >= 15 is 0 Å². The van der Waals surface area contributed by atoms with Crippen molar-refractivity contribution in [2.45, 2.75) is 37.9 Å². The first-order chi connectivity index (χ1) is 14.5. The van der Waals surface area contributed by atoms with Gasteiger partial charge in [-0.1, -0.05) is 60.7 Å². The van der Waals surface area contributed by atoms with Gasteiger partial charge in [0.05, 0.1) is 0 Å². The zero-order valence-corrected chi connectivity index (χ0v) is 16.8. The summed E-state index contributed by atoms with van der Waals surface area (Å²) >= 11 is 0. The second-order valence-corrected chi connectivity index (χ2v) is 7.26. The van der Waals surface area contributed by atoms with E-state index < -0.39 is 29.7 Å². The predicted octanol–water partition coefficient (Wildman–Crippen LogP) is 1.22. The Morgan fingerprint density at radius 3 is 2.20 bits per heavy atom. The van der Waals surface area contributed by atoms with E-state index in [1.165, 1.54) is 11.9 Å². The number of carbonyl (C=O) groups is 4. The number of likely N-dealkylation sites (N-methyl/N-ethyl adjacent to an activating group) is 1. The second-order valence-electron chi connectivity index (χ2n) is 7.26. The highest BCUT2D eigenvalue weighted by Gasteiger charge is 2.38. The molecule has 7 nitrogen and oxygen atoms in total. The zero-order valence-electron chi connectivity index (χ0n) is 16.8. The Morgan fingerprint density at radius 2 is 1.60 bits per heavy atom. The number of benzene rings is 2. The van der Waals surface area contributed by atoms with E-state index in [1.54, 1.807) is 0 Å². The highest BCUT2D eigenvalue weighted by atomic mass is 16.2. The Balaban J connectivity index is 1.75. The first-order valence-electron chi connectivity index (χ1n) is 9.93. The van der Waals surface area contributed by atoms with Gasteiger partial charge in [0, 0.05) is 26.4 Å². The van der Waals surface area contributed by atoms with Gasteiger partial charge >= 0.3 is 0 Å². The zero-order chi connectivity index (χ0) is 21.5. The van der Waals surface area contributed by atoms with Crippen molar-refractivity contribution in [1.29, 1.82) is 0 Å². The molecule has 1 aliphatic heterocycles. The SMILES string of the molecule is CNC(=O)C(=O)C(Cc1ccccc1)NC(=O)C1CCC(=O)N1Cc1ccccc1. The average Bonchev–Trinajstić information content (AvgIpc) is 3.13. The number of nitrogens with one attached hydrogen (secondary N) is 2. The third-order valence-electron chi connectivity index (χ3n) is 5.19. The number of amides is 3. The molecule has 1 heterocycles.